The molecule has 0 spiro atoms. The van der Waals surface area contributed by atoms with Crippen molar-refractivity contribution >= 4 is 9.84 Å². The van der Waals surface area contributed by atoms with Crippen LogP contribution in [0, 0.1) is 11.8 Å². The van der Waals surface area contributed by atoms with Gasteiger partial charge in [-0.25, -0.2) is 8.42 Å². The zero-order chi connectivity index (χ0) is 15.5. The van der Waals surface area contributed by atoms with E-state index in [1.807, 2.05) is 12.1 Å². The number of rotatable bonds is 5. The van der Waals surface area contributed by atoms with Crippen LogP contribution in [-0.2, 0) is 9.84 Å². The van der Waals surface area contributed by atoms with Gasteiger partial charge >= 0.3 is 0 Å². The standard InChI is InChI=1S/C17H27NO2S/c1-4-18-17(14-10-8-13(2)9-11-14)15-6-5-7-16(12-15)21(3,19)20/h5-7,12-14,17-18H,4,8-11H2,1-3H3. The summed E-state index contributed by atoms with van der Waals surface area (Å²) in [6, 6.07) is 7.72. The van der Waals surface area contributed by atoms with Gasteiger partial charge in [0.1, 0.15) is 0 Å². The maximum atomic E-state index is 11.8. The minimum absolute atomic E-state index is 0.268. The van der Waals surface area contributed by atoms with E-state index in [1.165, 1.54) is 31.9 Å². The summed E-state index contributed by atoms with van der Waals surface area (Å²) in [6.45, 7) is 5.33. The van der Waals surface area contributed by atoms with Crippen LogP contribution in [-0.4, -0.2) is 21.2 Å². The molecule has 0 aliphatic heterocycles. The van der Waals surface area contributed by atoms with Gasteiger partial charge in [-0.05, 0) is 48.9 Å². The Morgan fingerprint density at radius 2 is 1.90 bits per heavy atom. The van der Waals surface area contributed by atoms with Gasteiger partial charge in [-0.3, -0.25) is 0 Å². The van der Waals surface area contributed by atoms with Crippen molar-refractivity contribution in [1.82, 2.24) is 5.32 Å². The molecule has 1 aliphatic carbocycles. The minimum Gasteiger partial charge on any atom is -0.310 e. The van der Waals surface area contributed by atoms with Crippen molar-refractivity contribution in [1.29, 1.82) is 0 Å². The molecule has 1 aromatic carbocycles. The van der Waals surface area contributed by atoms with Crippen LogP contribution in [0.25, 0.3) is 0 Å². The molecule has 1 aliphatic rings. The van der Waals surface area contributed by atoms with E-state index in [0.717, 1.165) is 18.0 Å². The smallest absolute Gasteiger partial charge is 0.175 e. The van der Waals surface area contributed by atoms with Crippen molar-refractivity contribution in [2.24, 2.45) is 11.8 Å². The highest BCUT2D eigenvalue weighted by Gasteiger charge is 2.27. The van der Waals surface area contributed by atoms with Crippen LogP contribution in [0.1, 0.15) is 51.1 Å². The quantitative estimate of drug-likeness (QED) is 0.904. The lowest BCUT2D eigenvalue weighted by Crippen LogP contribution is -2.30. The lowest BCUT2D eigenvalue weighted by Gasteiger charge is -2.33. The van der Waals surface area contributed by atoms with E-state index in [1.54, 1.807) is 6.07 Å². The zero-order valence-corrected chi connectivity index (χ0v) is 14.1. The Hall–Kier alpha value is -0.870. The molecule has 0 saturated heterocycles. The van der Waals surface area contributed by atoms with Crippen LogP contribution >= 0.6 is 0 Å². The fourth-order valence-electron chi connectivity index (χ4n) is 3.33. The van der Waals surface area contributed by atoms with Gasteiger partial charge in [0.15, 0.2) is 9.84 Å². The summed E-state index contributed by atoms with van der Waals surface area (Å²) < 4.78 is 23.5. The van der Waals surface area contributed by atoms with Gasteiger partial charge in [0.05, 0.1) is 4.90 Å². The first-order valence-corrected chi connectivity index (χ1v) is 9.84. The predicted molar refractivity (Wildman–Crippen MR) is 87.1 cm³/mol. The van der Waals surface area contributed by atoms with Crippen molar-refractivity contribution < 1.29 is 8.42 Å². The van der Waals surface area contributed by atoms with Gasteiger partial charge in [-0.1, -0.05) is 38.8 Å². The van der Waals surface area contributed by atoms with E-state index >= 15 is 0 Å². The average Bonchev–Trinajstić information content (AvgIpc) is 2.45. The molecule has 0 bridgehead atoms. The summed E-state index contributed by atoms with van der Waals surface area (Å²) in [5.74, 6) is 1.43. The molecule has 0 amide bonds. The van der Waals surface area contributed by atoms with Gasteiger partial charge in [0, 0.05) is 12.3 Å². The summed E-state index contributed by atoms with van der Waals surface area (Å²) >= 11 is 0. The topological polar surface area (TPSA) is 46.2 Å². The number of hydrogen-bond acceptors (Lipinski definition) is 3. The van der Waals surface area contributed by atoms with Crippen molar-refractivity contribution in [3.63, 3.8) is 0 Å². The number of sulfone groups is 1. The van der Waals surface area contributed by atoms with Crippen molar-refractivity contribution in [2.45, 2.75) is 50.5 Å². The largest absolute Gasteiger partial charge is 0.310 e. The SMILES string of the molecule is CCNC(c1cccc(S(C)(=O)=O)c1)C1CCC(C)CC1. The van der Waals surface area contributed by atoms with Crippen molar-refractivity contribution in [3.8, 4) is 0 Å². The second-order valence-corrected chi connectivity index (χ2v) is 8.42. The van der Waals surface area contributed by atoms with E-state index in [2.05, 4.69) is 25.2 Å². The lowest BCUT2D eigenvalue weighted by atomic mass is 9.77. The maximum Gasteiger partial charge on any atom is 0.175 e. The molecule has 2 rings (SSSR count). The van der Waals surface area contributed by atoms with E-state index in [9.17, 15) is 8.42 Å². The Morgan fingerprint density at radius 1 is 1.24 bits per heavy atom. The van der Waals surface area contributed by atoms with Crippen LogP contribution in [0.15, 0.2) is 29.2 Å². The van der Waals surface area contributed by atoms with E-state index in [4.69, 9.17) is 0 Å². The molecule has 0 heterocycles. The minimum atomic E-state index is -3.14. The first-order chi connectivity index (χ1) is 9.91. The van der Waals surface area contributed by atoms with Gasteiger partial charge in [-0.15, -0.1) is 0 Å². The highest BCUT2D eigenvalue weighted by molar-refractivity contribution is 7.90. The van der Waals surface area contributed by atoms with E-state index < -0.39 is 9.84 Å². The second-order valence-electron chi connectivity index (χ2n) is 6.40. The van der Waals surface area contributed by atoms with Crippen molar-refractivity contribution in [3.05, 3.63) is 29.8 Å². The van der Waals surface area contributed by atoms with Crippen LogP contribution in [0.5, 0.6) is 0 Å². The molecule has 1 N–H and O–H groups in total. The molecule has 3 nitrogen and oxygen atoms in total. The third kappa shape index (κ3) is 4.30. The first kappa shape index (κ1) is 16.5. The van der Waals surface area contributed by atoms with E-state index in [0.29, 0.717) is 10.8 Å². The molecular weight excluding hydrogens is 282 g/mol. The molecule has 118 valence electrons. The van der Waals surface area contributed by atoms with Crippen LogP contribution in [0.4, 0.5) is 0 Å². The molecule has 0 radical (unpaired) electrons. The lowest BCUT2D eigenvalue weighted by molar-refractivity contribution is 0.233. The Morgan fingerprint density at radius 3 is 2.48 bits per heavy atom. The predicted octanol–water partition coefficient (Wildman–Crippen LogP) is 3.57. The van der Waals surface area contributed by atoms with Gasteiger partial charge in [0.2, 0.25) is 0 Å². The van der Waals surface area contributed by atoms with Crippen LogP contribution in [0.3, 0.4) is 0 Å². The highest BCUT2D eigenvalue weighted by atomic mass is 32.2. The average molecular weight is 309 g/mol. The first-order valence-electron chi connectivity index (χ1n) is 7.95. The number of hydrogen-bond donors (Lipinski definition) is 1. The van der Waals surface area contributed by atoms with Gasteiger partial charge < -0.3 is 5.32 Å². The number of benzene rings is 1. The van der Waals surface area contributed by atoms with Crippen molar-refractivity contribution in [2.75, 3.05) is 12.8 Å². The maximum absolute atomic E-state index is 11.8. The third-order valence-electron chi connectivity index (χ3n) is 4.60. The second kappa shape index (κ2) is 6.93. The Labute approximate surface area is 129 Å². The third-order valence-corrected chi connectivity index (χ3v) is 5.71. The van der Waals surface area contributed by atoms with Crippen LogP contribution in [0.2, 0.25) is 0 Å². The summed E-state index contributed by atoms with van der Waals surface area (Å²) in [5, 5.41) is 3.57. The molecule has 1 saturated carbocycles. The summed E-state index contributed by atoms with van der Waals surface area (Å²) in [5.41, 5.74) is 1.11. The monoisotopic (exact) mass is 309 g/mol. The molecule has 1 aromatic rings. The summed E-state index contributed by atoms with van der Waals surface area (Å²) in [6.07, 6.45) is 6.27. The van der Waals surface area contributed by atoms with Crippen LogP contribution < -0.4 is 5.32 Å². The molecule has 0 aromatic heterocycles. The Bertz CT molecular complexity index is 560. The van der Waals surface area contributed by atoms with E-state index in [-0.39, 0.29) is 6.04 Å². The molecular formula is C17H27NO2S. The Kier molecular flexibility index (Phi) is 5.44. The summed E-state index contributed by atoms with van der Waals surface area (Å²) in [7, 11) is -3.14. The fourth-order valence-corrected chi connectivity index (χ4v) is 4.01. The molecule has 4 heteroatoms. The normalized spacial score (nSPS) is 24.7. The zero-order valence-electron chi connectivity index (χ0n) is 13.3. The molecule has 1 atom stereocenters. The molecule has 1 fully saturated rings. The summed E-state index contributed by atoms with van der Waals surface area (Å²) in [4.78, 5) is 0.423. The van der Waals surface area contributed by atoms with Gasteiger partial charge in [-0.2, -0.15) is 0 Å². The fraction of sp³-hybridized carbons (Fsp3) is 0.647. The molecule has 21 heavy (non-hydrogen) atoms. The van der Waals surface area contributed by atoms with Gasteiger partial charge in [0.25, 0.3) is 0 Å². The molecule has 1 unspecified atom stereocenters. The Balaban J connectivity index is 2.26. The number of nitrogens with one attached hydrogen (secondary N) is 1. The highest BCUT2D eigenvalue weighted by Crippen LogP contribution is 2.37.